The Morgan fingerprint density at radius 3 is 2.24 bits per heavy atom. The summed E-state index contributed by atoms with van der Waals surface area (Å²) in [6.45, 7) is 18.6. The first-order valence-corrected chi connectivity index (χ1v) is 15.3. The Morgan fingerprint density at radius 2 is 1.58 bits per heavy atom. The zero-order valence-electron chi connectivity index (χ0n) is 25.0. The quantitative estimate of drug-likeness (QED) is 0.324. The van der Waals surface area contributed by atoms with Gasteiger partial charge in [-0.3, -0.25) is 4.79 Å². The van der Waals surface area contributed by atoms with Gasteiger partial charge in [-0.15, -0.1) is 0 Å². The number of fused-ring (bicyclic) bond motifs is 7. The molecule has 5 heteroatoms. The van der Waals surface area contributed by atoms with Crippen LogP contribution in [0.5, 0.6) is 0 Å². The third-order valence-electron chi connectivity index (χ3n) is 14.0. The molecule has 214 valence electrons. The molecule has 0 radical (unpaired) electrons. The largest absolute Gasteiger partial charge is 0.466 e. The fourth-order valence-corrected chi connectivity index (χ4v) is 11.8. The van der Waals surface area contributed by atoms with Crippen LogP contribution < -0.4 is 0 Å². The summed E-state index contributed by atoms with van der Waals surface area (Å²) in [5, 5.41) is 11.0. The number of allylic oxidation sites excluding steroid dienone is 1. The van der Waals surface area contributed by atoms with Crippen molar-refractivity contribution in [3.63, 3.8) is 0 Å². The number of ether oxygens (including phenoxy) is 2. The molecule has 0 spiro atoms. The van der Waals surface area contributed by atoms with Crippen molar-refractivity contribution in [3.05, 3.63) is 12.2 Å². The van der Waals surface area contributed by atoms with Gasteiger partial charge in [0.05, 0.1) is 18.6 Å². The molecule has 5 saturated carbocycles. The van der Waals surface area contributed by atoms with E-state index in [2.05, 4.69) is 48.1 Å². The third kappa shape index (κ3) is 3.58. The Labute approximate surface area is 230 Å². The summed E-state index contributed by atoms with van der Waals surface area (Å²) in [5.41, 5.74) is 1.19. The van der Waals surface area contributed by atoms with E-state index in [1.807, 2.05) is 0 Å². The van der Waals surface area contributed by atoms with Crippen LogP contribution in [0.4, 0.5) is 0 Å². The van der Waals surface area contributed by atoms with E-state index in [1.54, 1.807) is 0 Å². The lowest BCUT2D eigenvalue weighted by molar-refractivity contribution is -0.248. The highest BCUT2D eigenvalue weighted by Crippen LogP contribution is 2.77. The first-order valence-electron chi connectivity index (χ1n) is 15.3. The SMILES string of the molecule is C=C(C)[C@@H]1CC[C@]2(C(=O)OCC(=O)OC)CC[C@]3(C)C(CCC4[C@@]5(C)CC[C@H](O)C(C)(C)C5CC[C@]43C)C12. The zero-order valence-corrected chi connectivity index (χ0v) is 25.0. The van der Waals surface area contributed by atoms with Gasteiger partial charge in [0.2, 0.25) is 0 Å². The van der Waals surface area contributed by atoms with Crippen LogP contribution in [0.15, 0.2) is 12.2 Å². The Kier molecular flexibility index (Phi) is 6.73. The number of carbonyl (C=O) groups is 2. The van der Waals surface area contributed by atoms with Crippen LogP contribution in [0.1, 0.15) is 106 Å². The topological polar surface area (TPSA) is 72.8 Å². The maximum Gasteiger partial charge on any atom is 0.344 e. The lowest BCUT2D eigenvalue weighted by Gasteiger charge is -2.72. The van der Waals surface area contributed by atoms with Gasteiger partial charge in [0.15, 0.2) is 6.61 Å². The number of carbonyl (C=O) groups excluding carboxylic acids is 2. The second-order valence-electron chi connectivity index (χ2n) is 15.4. The average molecular weight is 529 g/mol. The lowest BCUT2D eigenvalue weighted by Crippen LogP contribution is -2.67. The van der Waals surface area contributed by atoms with Crippen LogP contribution in [0.3, 0.4) is 0 Å². The minimum Gasteiger partial charge on any atom is -0.466 e. The molecule has 5 aliphatic carbocycles. The van der Waals surface area contributed by atoms with E-state index in [0.29, 0.717) is 23.7 Å². The highest BCUT2D eigenvalue weighted by Gasteiger charge is 2.72. The van der Waals surface area contributed by atoms with Crippen molar-refractivity contribution in [2.45, 2.75) is 112 Å². The van der Waals surface area contributed by atoms with E-state index in [-0.39, 0.29) is 46.3 Å². The fourth-order valence-electron chi connectivity index (χ4n) is 11.8. The van der Waals surface area contributed by atoms with Gasteiger partial charge in [-0.1, -0.05) is 46.8 Å². The molecule has 0 aromatic carbocycles. The maximum atomic E-state index is 13.8. The summed E-state index contributed by atoms with van der Waals surface area (Å²) < 4.78 is 10.4. The van der Waals surface area contributed by atoms with Crippen LogP contribution in [0.25, 0.3) is 0 Å². The number of hydrogen-bond acceptors (Lipinski definition) is 5. The van der Waals surface area contributed by atoms with Crippen molar-refractivity contribution >= 4 is 11.9 Å². The van der Waals surface area contributed by atoms with Gasteiger partial charge in [0.25, 0.3) is 0 Å². The molecule has 4 unspecified atom stereocenters. The minimum absolute atomic E-state index is 0.0479. The summed E-state index contributed by atoms with van der Waals surface area (Å²) in [5.74, 6) is 1.46. The minimum atomic E-state index is -0.525. The molecule has 1 N–H and O–H groups in total. The molecular weight excluding hydrogens is 476 g/mol. The van der Waals surface area contributed by atoms with Gasteiger partial charge in [0, 0.05) is 0 Å². The molecule has 5 fully saturated rings. The van der Waals surface area contributed by atoms with Crippen molar-refractivity contribution in [1.29, 1.82) is 0 Å². The second kappa shape index (κ2) is 9.08. The van der Waals surface area contributed by atoms with Crippen LogP contribution in [-0.4, -0.2) is 36.9 Å². The first-order chi connectivity index (χ1) is 17.7. The number of esters is 2. The Balaban J connectivity index is 1.51. The molecule has 10 atom stereocenters. The molecule has 0 aromatic heterocycles. The summed E-state index contributed by atoms with van der Waals surface area (Å²) >= 11 is 0. The van der Waals surface area contributed by atoms with Gasteiger partial charge in [-0.2, -0.15) is 0 Å². The molecule has 5 aliphatic rings. The van der Waals surface area contributed by atoms with Gasteiger partial charge in [0.1, 0.15) is 0 Å². The van der Waals surface area contributed by atoms with Crippen molar-refractivity contribution in [2.24, 2.45) is 56.7 Å². The van der Waals surface area contributed by atoms with Crippen molar-refractivity contribution in [3.8, 4) is 0 Å². The first kappa shape index (κ1) is 28.2. The van der Waals surface area contributed by atoms with E-state index in [4.69, 9.17) is 9.47 Å². The van der Waals surface area contributed by atoms with Crippen molar-refractivity contribution in [2.75, 3.05) is 13.7 Å². The third-order valence-corrected chi connectivity index (χ3v) is 14.0. The number of hydrogen-bond donors (Lipinski definition) is 1. The Bertz CT molecular complexity index is 1000. The van der Waals surface area contributed by atoms with Gasteiger partial charge in [-0.05, 0) is 122 Å². The van der Waals surface area contributed by atoms with Crippen LogP contribution in [-0.2, 0) is 19.1 Å². The molecule has 5 nitrogen and oxygen atoms in total. The fraction of sp³-hybridized carbons (Fsp3) is 0.879. The zero-order chi connectivity index (χ0) is 27.9. The maximum absolute atomic E-state index is 13.8. The summed E-state index contributed by atoms with van der Waals surface area (Å²) in [6.07, 6.45) is 10.2. The molecule has 0 aliphatic heterocycles. The van der Waals surface area contributed by atoms with E-state index in [0.717, 1.165) is 44.9 Å². The summed E-state index contributed by atoms with van der Waals surface area (Å²) in [4.78, 5) is 25.6. The lowest BCUT2D eigenvalue weighted by atomic mass is 9.32. The van der Waals surface area contributed by atoms with Crippen LogP contribution in [0.2, 0.25) is 0 Å². The Hall–Kier alpha value is -1.36. The number of aliphatic hydroxyl groups excluding tert-OH is 1. The van der Waals surface area contributed by atoms with Crippen LogP contribution >= 0.6 is 0 Å². The number of methoxy groups -OCH3 is 1. The van der Waals surface area contributed by atoms with E-state index in [1.165, 1.54) is 31.9 Å². The Morgan fingerprint density at radius 1 is 0.868 bits per heavy atom. The highest BCUT2D eigenvalue weighted by atomic mass is 16.6. The van der Waals surface area contributed by atoms with Gasteiger partial charge < -0.3 is 14.6 Å². The monoisotopic (exact) mass is 528 g/mol. The van der Waals surface area contributed by atoms with Gasteiger partial charge in [-0.25, -0.2) is 4.79 Å². The number of aliphatic hydroxyl groups is 1. The molecule has 0 saturated heterocycles. The average Bonchev–Trinajstić information content (AvgIpc) is 3.26. The second-order valence-corrected chi connectivity index (χ2v) is 15.4. The van der Waals surface area contributed by atoms with Gasteiger partial charge >= 0.3 is 11.9 Å². The van der Waals surface area contributed by atoms with E-state index in [9.17, 15) is 14.7 Å². The molecule has 0 amide bonds. The van der Waals surface area contributed by atoms with E-state index >= 15 is 0 Å². The standard InChI is InChI=1S/C33H52O5/c1-20(2)21-11-16-33(28(36)38-19-26(35)37-8)18-17-31(6)22(27(21)33)9-10-24-30(5)14-13-25(34)29(3,4)23(30)12-15-32(24,31)7/h21-25,27,34H,1,9-19H2,2-8H3/t21-,22?,23?,24?,25-,27?,30-,31+,32+,33-/m0/s1. The normalized spacial score (nSPS) is 49.1. The van der Waals surface area contributed by atoms with Crippen molar-refractivity contribution < 1.29 is 24.2 Å². The smallest absolute Gasteiger partial charge is 0.344 e. The predicted octanol–water partition coefficient (Wildman–Crippen LogP) is 6.72. The molecule has 5 rings (SSSR count). The van der Waals surface area contributed by atoms with E-state index < -0.39 is 11.4 Å². The predicted molar refractivity (Wildman–Crippen MR) is 148 cm³/mol. The molecule has 38 heavy (non-hydrogen) atoms. The van der Waals surface area contributed by atoms with Crippen LogP contribution in [0, 0.1) is 56.7 Å². The van der Waals surface area contributed by atoms with Crippen molar-refractivity contribution in [1.82, 2.24) is 0 Å². The summed E-state index contributed by atoms with van der Waals surface area (Å²) in [7, 11) is 1.33. The molecule has 0 bridgehead atoms. The summed E-state index contributed by atoms with van der Waals surface area (Å²) in [6, 6.07) is 0. The molecular formula is C33H52O5. The highest BCUT2D eigenvalue weighted by molar-refractivity contribution is 5.81. The number of rotatable bonds is 4. The molecule has 0 heterocycles. The molecule has 0 aromatic rings.